The van der Waals surface area contributed by atoms with Crippen LogP contribution in [0.3, 0.4) is 0 Å². The third kappa shape index (κ3) is 2.79. The number of hydrogen-bond acceptors (Lipinski definition) is 4. The molecule has 3 nitrogen and oxygen atoms in total. The van der Waals surface area contributed by atoms with Crippen molar-refractivity contribution in [1.82, 2.24) is 5.01 Å². The van der Waals surface area contributed by atoms with Gasteiger partial charge in [-0.05, 0) is 40.4 Å². The molecule has 3 heterocycles. The van der Waals surface area contributed by atoms with Gasteiger partial charge in [-0.1, -0.05) is 29.8 Å². The van der Waals surface area contributed by atoms with Gasteiger partial charge in [0, 0.05) is 16.9 Å². The molecule has 1 aliphatic rings. The third-order valence-electron chi connectivity index (χ3n) is 3.95. The minimum atomic E-state index is -0.163. The molecule has 0 N–H and O–H groups in total. The van der Waals surface area contributed by atoms with E-state index in [1.165, 1.54) is 0 Å². The summed E-state index contributed by atoms with van der Waals surface area (Å²) in [5, 5.41) is 12.8. The second kappa shape index (κ2) is 6.51. The molecule has 1 aliphatic heterocycles. The molecule has 1 amide bonds. The molecule has 2 aromatic heterocycles. The summed E-state index contributed by atoms with van der Waals surface area (Å²) in [4.78, 5) is 14.2. The lowest BCUT2D eigenvalue weighted by Gasteiger charge is -2.21. The van der Waals surface area contributed by atoms with Crippen molar-refractivity contribution in [2.24, 2.45) is 5.10 Å². The van der Waals surface area contributed by atoms with Gasteiger partial charge in [0.2, 0.25) is 0 Å². The van der Waals surface area contributed by atoms with Crippen molar-refractivity contribution in [3.05, 3.63) is 79.6 Å². The second-order valence-electron chi connectivity index (χ2n) is 5.42. The van der Waals surface area contributed by atoms with Crippen molar-refractivity contribution in [3.63, 3.8) is 0 Å². The zero-order chi connectivity index (χ0) is 16.5. The molecular weight excluding hydrogens is 360 g/mol. The fourth-order valence-electron chi connectivity index (χ4n) is 2.76. The first-order valence-corrected chi connectivity index (χ1v) is 9.65. The van der Waals surface area contributed by atoms with E-state index in [1.807, 2.05) is 41.1 Å². The van der Waals surface area contributed by atoms with E-state index in [9.17, 15) is 4.79 Å². The molecule has 0 unspecified atom stereocenters. The van der Waals surface area contributed by atoms with Crippen LogP contribution < -0.4 is 0 Å². The van der Waals surface area contributed by atoms with Crippen molar-refractivity contribution in [3.8, 4) is 0 Å². The molecule has 3 aromatic rings. The van der Waals surface area contributed by atoms with E-state index in [0.29, 0.717) is 17.0 Å². The predicted octanol–water partition coefficient (Wildman–Crippen LogP) is 5.45. The molecule has 1 atom stereocenters. The van der Waals surface area contributed by atoms with Crippen LogP contribution in [0, 0.1) is 0 Å². The van der Waals surface area contributed by atoms with Gasteiger partial charge in [-0.25, -0.2) is 5.01 Å². The second-order valence-corrected chi connectivity index (χ2v) is 7.59. The molecule has 0 radical (unpaired) electrons. The van der Waals surface area contributed by atoms with Gasteiger partial charge in [-0.2, -0.15) is 16.4 Å². The van der Waals surface area contributed by atoms with Crippen molar-refractivity contribution < 1.29 is 4.79 Å². The highest BCUT2D eigenvalue weighted by atomic mass is 35.5. The van der Waals surface area contributed by atoms with Crippen LogP contribution >= 0.6 is 34.3 Å². The van der Waals surface area contributed by atoms with E-state index in [1.54, 1.807) is 39.8 Å². The number of hydrogen-bond donors (Lipinski definition) is 0. The SMILES string of the molecule is O=C(c1ccccc1Cl)N1N=C(c2ccsc2)C[C@@H]1c1cccs1. The molecule has 0 fully saturated rings. The van der Waals surface area contributed by atoms with E-state index in [4.69, 9.17) is 11.6 Å². The van der Waals surface area contributed by atoms with Crippen LogP contribution in [0.15, 0.2) is 63.7 Å². The summed E-state index contributed by atoms with van der Waals surface area (Å²) in [6, 6.07) is 13.1. The number of benzene rings is 1. The molecule has 1 aromatic carbocycles. The van der Waals surface area contributed by atoms with Gasteiger partial charge in [-0.15, -0.1) is 11.3 Å². The molecule has 0 saturated heterocycles. The predicted molar refractivity (Wildman–Crippen MR) is 100 cm³/mol. The molecular formula is C18H13ClN2OS2. The summed E-state index contributed by atoms with van der Waals surface area (Å²) in [6.45, 7) is 0. The zero-order valence-corrected chi connectivity index (χ0v) is 14.9. The molecule has 24 heavy (non-hydrogen) atoms. The Morgan fingerprint density at radius 2 is 2.04 bits per heavy atom. The number of halogens is 1. The number of carbonyl (C=O) groups is 1. The van der Waals surface area contributed by atoms with Gasteiger partial charge in [0.05, 0.1) is 22.3 Å². The standard InChI is InChI=1S/C18H13ClN2OS2/c19-14-5-2-1-4-13(14)18(22)21-16(17-6-3-8-24-17)10-15(20-21)12-7-9-23-11-12/h1-9,11,16H,10H2/t16-/m1/s1. The topological polar surface area (TPSA) is 32.7 Å². The molecule has 0 aliphatic carbocycles. The minimum Gasteiger partial charge on any atom is -0.267 e. The van der Waals surface area contributed by atoms with Crippen LogP contribution in [0.4, 0.5) is 0 Å². The molecule has 0 saturated carbocycles. The fraction of sp³-hybridized carbons (Fsp3) is 0.111. The maximum absolute atomic E-state index is 13.0. The van der Waals surface area contributed by atoms with Crippen LogP contribution in [-0.4, -0.2) is 16.6 Å². The molecule has 120 valence electrons. The Morgan fingerprint density at radius 1 is 1.17 bits per heavy atom. The first-order chi connectivity index (χ1) is 11.7. The van der Waals surface area contributed by atoms with Crippen molar-refractivity contribution in [2.75, 3.05) is 0 Å². The van der Waals surface area contributed by atoms with Gasteiger partial charge in [0.1, 0.15) is 0 Å². The summed E-state index contributed by atoms with van der Waals surface area (Å²) in [7, 11) is 0. The fourth-order valence-corrected chi connectivity index (χ4v) is 4.45. The van der Waals surface area contributed by atoms with Crippen molar-refractivity contribution >= 4 is 45.9 Å². The Bertz CT molecular complexity index is 888. The summed E-state index contributed by atoms with van der Waals surface area (Å²) in [5.74, 6) is -0.163. The Hall–Kier alpha value is -1.95. The summed E-state index contributed by atoms with van der Waals surface area (Å²) < 4.78 is 0. The van der Waals surface area contributed by atoms with Gasteiger partial charge in [-0.3, -0.25) is 4.79 Å². The third-order valence-corrected chi connectivity index (χ3v) is 5.94. The van der Waals surface area contributed by atoms with E-state index in [0.717, 1.165) is 16.2 Å². The summed E-state index contributed by atoms with van der Waals surface area (Å²) in [6.07, 6.45) is 0.716. The van der Waals surface area contributed by atoms with Crippen LogP contribution in [0.25, 0.3) is 0 Å². The Balaban J connectivity index is 1.74. The number of nitrogens with zero attached hydrogens (tertiary/aromatic N) is 2. The number of rotatable bonds is 3. The number of thiophene rings is 2. The van der Waals surface area contributed by atoms with E-state index < -0.39 is 0 Å². The van der Waals surface area contributed by atoms with Gasteiger partial charge in [0.15, 0.2) is 0 Å². The summed E-state index contributed by atoms with van der Waals surface area (Å²) in [5.41, 5.74) is 2.50. The highest BCUT2D eigenvalue weighted by Gasteiger charge is 2.34. The summed E-state index contributed by atoms with van der Waals surface area (Å²) >= 11 is 9.49. The Morgan fingerprint density at radius 3 is 2.75 bits per heavy atom. The largest absolute Gasteiger partial charge is 0.276 e. The number of carbonyl (C=O) groups excluding carboxylic acids is 1. The quantitative estimate of drug-likeness (QED) is 0.601. The van der Waals surface area contributed by atoms with Crippen LogP contribution in [0.5, 0.6) is 0 Å². The minimum absolute atomic E-state index is 0.0799. The maximum Gasteiger partial charge on any atom is 0.276 e. The number of hydrazone groups is 1. The van der Waals surface area contributed by atoms with Gasteiger partial charge < -0.3 is 0 Å². The average Bonchev–Trinajstić information content (AvgIpc) is 3.33. The lowest BCUT2D eigenvalue weighted by molar-refractivity contribution is 0.0714. The highest BCUT2D eigenvalue weighted by molar-refractivity contribution is 7.10. The van der Waals surface area contributed by atoms with Crippen LogP contribution in [-0.2, 0) is 0 Å². The maximum atomic E-state index is 13.0. The Labute approximate surface area is 152 Å². The smallest absolute Gasteiger partial charge is 0.267 e. The van der Waals surface area contributed by atoms with Crippen LogP contribution in [0.1, 0.15) is 33.3 Å². The molecule has 0 spiro atoms. The van der Waals surface area contributed by atoms with E-state index >= 15 is 0 Å². The monoisotopic (exact) mass is 372 g/mol. The normalized spacial score (nSPS) is 17.1. The van der Waals surface area contributed by atoms with E-state index in [2.05, 4.69) is 10.5 Å². The lowest BCUT2D eigenvalue weighted by atomic mass is 10.1. The van der Waals surface area contributed by atoms with Gasteiger partial charge in [0.25, 0.3) is 5.91 Å². The van der Waals surface area contributed by atoms with Crippen LogP contribution in [0.2, 0.25) is 5.02 Å². The van der Waals surface area contributed by atoms with Crippen molar-refractivity contribution in [1.29, 1.82) is 0 Å². The highest BCUT2D eigenvalue weighted by Crippen LogP contribution is 2.37. The van der Waals surface area contributed by atoms with E-state index in [-0.39, 0.29) is 11.9 Å². The lowest BCUT2D eigenvalue weighted by Crippen LogP contribution is -2.26. The van der Waals surface area contributed by atoms with Crippen molar-refractivity contribution in [2.45, 2.75) is 12.5 Å². The number of amides is 1. The molecule has 4 rings (SSSR count). The Kier molecular flexibility index (Phi) is 4.22. The van der Waals surface area contributed by atoms with Gasteiger partial charge >= 0.3 is 0 Å². The first kappa shape index (κ1) is 15.6. The molecule has 0 bridgehead atoms. The molecule has 6 heteroatoms. The zero-order valence-electron chi connectivity index (χ0n) is 12.6. The first-order valence-electron chi connectivity index (χ1n) is 7.45. The average molecular weight is 373 g/mol.